The van der Waals surface area contributed by atoms with Gasteiger partial charge in [-0.1, -0.05) is 107 Å². The second-order valence-corrected chi connectivity index (χ2v) is 9.12. The molecule has 164 valence electrons. The van der Waals surface area contributed by atoms with Gasteiger partial charge in [-0.2, -0.15) is 10.2 Å². The van der Waals surface area contributed by atoms with Gasteiger partial charge in [-0.05, 0) is 12.0 Å². The first-order valence-corrected chi connectivity index (χ1v) is 12.5. The molecule has 0 aliphatic carbocycles. The summed E-state index contributed by atoms with van der Waals surface area (Å²) in [6.07, 6.45) is 13.0. The summed E-state index contributed by atoms with van der Waals surface area (Å²) in [5, 5.41) is 10.2. The van der Waals surface area contributed by atoms with E-state index in [9.17, 15) is 10.1 Å². The van der Waals surface area contributed by atoms with Crippen LogP contribution in [-0.2, 0) is 6.54 Å². The third-order valence-electron chi connectivity index (χ3n) is 5.68. The molecule has 1 aromatic carbocycles. The second kappa shape index (κ2) is 12.5. The summed E-state index contributed by atoms with van der Waals surface area (Å²) in [6, 6.07) is 12.0. The van der Waals surface area contributed by atoms with E-state index in [1.807, 2.05) is 30.3 Å². The van der Waals surface area contributed by atoms with Gasteiger partial charge < -0.3 is 0 Å². The van der Waals surface area contributed by atoms with E-state index in [4.69, 9.17) is 0 Å². The van der Waals surface area contributed by atoms with Crippen molar-refractivity contribution in [2.24, 2.45) is 0 Å². The highest BCUT2D eigenvalue weighted by Crippen LogP contribution is 2.32. The molecule has 0 saturated heterocycles. The van der Waals surface area contributed by atoms with Crippen LogP contribution in [0.5, 0.6) is 0 Å². The maximum atomic E-state index is 12.5. The number of thioether (sulfide) groups is 1. The van der Waals surface area contributed by atoms with E-state index < -0.39 is 0 Å². The summed E-state index contributed by atoms with van der Waals surface area (Å²) in [5.41, 5.74) is 1.94. The zero-order valence-electron chi connectivity index (χ0n) is 18.5. The minimum atomic E-state index is -0.325. The van der Waals surface area contributed by atoms with Gasteiger partial charge >= 0.3 is 5.69 Å². The first kappa shape index (κ1) is 23.3. The fourth-order valence-corrected chi connectivity index (χ4v) is 4.75. The van der Waals surface area contributed by atoms with Gasteiger partial charge in [0.05, 0.1) is 6.54 Å². The van der Waals surface area contributed by atoms with Crippen molar-refractivity contribution < 1.29 is 0 Å². The van der Waals surface area contributed by atoms with Gasteiger partial charge in [-0.15, -0.1) is 0 Å². The van der Waals surface area contributed by atoms with E-state index in [0.29, 0.717) is 23.1 Å². The van der Waals surface area contributed by atoms with Gasteiger partial charge in [0.1, 0.15) is 11.6 Å². The monoisotopic (exact) mass is 436 g/mol. The van der Waals surface area contributed by atoms with E-state index >= 15 is 0 Å². The Morgan fingerprint density at radius 3 is 2.26 bits per heavy atom. The minimum Gasteiger partial charge on any atom is -0.271 e. The van der Waals surface area contributed by atoms with E-state index in [2.05, 4.69) is 23.0 Å². The summed E-state index contributed by atoms with van der Waals surface area (Å²) in [6.45, 7) is 2.61. The zero-order valence-corrected chi connectivity index (χ0v) is 19.3. The first-order chi connectivity index (χ1) is 15.2. The maximum Gasteiger partial charge on any atom is 0.352 e. The molecule has 0 amide bonds. The molecule has 1 aromatic heterocycles. The lowest BCUT2D eigenvalue weighted by atomic mass is 10.0. The van der Waals surface area contributed by atoms with Gasteiger partial charge in [-0.25, -0.2) is 9.78 Å². The number of nitrogens with zero attached hydrogens (tertiary/aromatic N) is 4. The molecule has 2 aromatic rings. The molecular weight excluding hydrogens is 404 g/mol. The molecule has 3 rings (SSSR count). The fraction of sp³-hybridized carbons (Fsp3) is 0.520. The van der Waals surface area contributed by atoms with Crippen LogP contribution >= 0.6 is 11.8 Å². The summed E-state index contributed by atoms with van der Waals surface area (Å²) in [4.78, 5) is 21.2. The van der Waals surface area contributed by atoms with Gasteiger partial charge in [0.25, 0.3) is 0 Å². The minimum absolute atomic E-state index is 0.325. The normalized spacial score (nSPS) is 12.8. The van der Waals surface area contributed by atoms with Gasteiger partial charge in [0.2, 0.25) is 0 Å². The third kappa shape index (κ3) is 6.54. The Labute approximate surface area is 189 Å². The van der Waals surface area contributed by atoms with Crippen LogP contribution in [0.3, 0.4) is 0 Å². The molecule has 0 unspecified atom stereocenters. The highest BCUT2D eigenvalue weighted by Gasteiger charge is 2.26. The Morgan fingerprint density at radius 2 is 1.61 bits per heavy atom. The van der Waals surface area contributed by atoms with Crippen molar-refractivity contribution in [2.45, 2.75) is 82.8 Å². The molecule has 6 heteroatoms. The molecule has 31 heavy (non-hydrogen) atoms. The molecule has 0 spiro atoms. The van der Waals surface area contributed by atoms with Gasteiger partial charge in [0, 0.05) is 11.3 Å². The number of nitriles is 1. The molecule has 0 saturated carbocycles. The van der Waals surface area contributed by atoms with Crippen LogP contribution < -0.4 is 5.69 Å². The van der Waals surface area contributed by atoms with Crippen molar-refractivity contribution in [1.82, 2.24) is 14.5 Å². The maximum absolute atomic E-state index is 12.5. The number of fused-ring (bicyclic) bond motifs is 1. The summed E-state index contributed by atoms with van der Waals surface area (Å²) < 4.78 is 1.51. The van der Waals surface area contributed by atoms with Crippen LogP contribution in [0.2, 0.25) is 0 Å². The van der Waals surface area contributed by atoms with E-state index in [-0.39, 0.29) is 5.69 Å². The number of unbranched alkanes of at least 4 members (excludes halogenated alkanes) is 9. The highest BCUT2D eigenvalue weighted by molar-refractivity contribution is 7.99. The van der Waals surface area contributed by atoms with Crippen molar-refractivity contribution >= 4 is 22.9 Å². The molecule has 1 aliphatic rings. The lowest BCUT2D eigenvalue weighted by Gasteiger charge is -2.05. The molecule has 0 atom stereocenters. The van der Waals surface area contributed by atoms with E-state index in [1.54, 1.807) is 0 Å². The molecule has 2 heterocycles. The second-order valence-electron chi connectivity index (χ2n) is 8.06. The SMILES string of the molecule is CCCCCCCCCCCCSc1nc2n(c(=O)n1)CC(c1ccccc1)=C2C#N. The van der Waals surface area contributed by atoms with Crippen LogP contribution in [-0.4, -0.2) is 20.3 Å². The third-order valence-corrected chi connectivity index (χ3v) is 6.62. The van der Waals surface area contributed by atoms with Gasteiger partial charge in [-0.3, -0.25) is 4.57 Å². The largest absolute Gasteiger partial charge is 0.352 e. The van der Waals surface area contributed by atoms with E-state index in [1.165, 1.54) is 74.1 Å². The molecular formula is C25H32N4OS. The smallest absolute Gasteiger partial charge is 0.271 e. The highest BCUT2D eigenvalue weighted by atomic mass is 32.2. The predicted molar refractivity (Wildman–Crippen MR) is 128 cm³/mol. The number of allylic oxidation sites excluding steroid dienone is 2. The van der Waals surface area contributed by atoms with Crippen molar-refractivity contribution in [1.29, 1.82) is 5.26 Å². The van der Waals surface area contributed by atoms with Crippen LogP contribution in [0.15, 0.2) is 40.3 Å². The van der Waals surface area contributed by atoms with Gasteiger partial charge in [0.15, 0.2) is 11.0 Å². The number of aromatic nitrogens is 3. The summed E-state index contributed by atoms with van der Waals surface area (Å²) in [5.74, 6) is 1.35. The lowest BCUT2D eigenvalue weighted by molar-refractivity contribution is 0.563. The van der Waals surface area contributed by atoms with E-state index in [0.717, 1.165) is 23.3 Å². The average Bonchev–Trinajstić information content (AvgIpc) is 3.17. The standard InChI is InChI=1S/C25H32N4OS/c1-2-3-4-5-6-7-8-9-10-14-17-31-24-27-23-21(18-26)22(19-29(23)25(30)28-24)20-15-12-11-13-16-20/h11-13,15-16H,2-10,14,17,19H2,1H3. The summed E-state index contributed by atoms with van der Waals surface area (Å²) >= 11 is 1.52. The zero-order chi connectivity index (χ0) is 21.9. The molecule has 0 bridgehead atoms. The number of hydrogen-bond acceptors (Lipinski definition) is 5. The Morgan fingerprint density at radius 1 is 0.968 bits per heavy atom. The fourth-order valence-electron chi connectivity index (χ4n) is 3.92. The summed E-state index contributed by atoms with van der Waals surface area (Å²) in [7, 11) is 0. The molecule has 0 fully saturated rings. The van der Waals surface area contributed by atoms with Crippen LogP contribution in [0.25, 0.3) is 11.1 Å². The van der Waals surface area contributed by atoms with Crippen molar-refractivity contribution in [3.8, 4) is 6.07 Å². The number of rotatable bonds is 13. The number of hydrogen-bond donors (Lipinski definition) is 0. The first-order valence-electron chi connectivity index (χ1n) is 11.5. The van der Waals surface area contributed by atoms with Crippen LogP contribution in [0.1, 0.15) is 82.5 Å². The Balaban J connectivity index is 1.48. The number of benzene rings is 1. The van der Waals surface area contributed by atoms with Crippen molar-refractivity contribution in [3.05, 3.63) is 52.2 Å². The Kier molecular flexibility index (Phi) is 9.36. The quantitative estimate of drug-likeness (QED) is 0.280. The molecule has 0 radical (unpaired) electrons. The molecule has 5 nitrogen and oxygen atoms in total. The Hall–Kier alpha value is -2.39. The Bertz CT molecular complexity index is 975. The molecule has 1 aliphatic heterocycles. The van der Waals surface area contributed by atoms with Crippen molar-refractivity contribution in [2.75, 3.05) is 5.75 Å². The predicted octanol–water partition coefficient (Wildman–Crippen LogP) is 6.10. The molecule has 0 N–H and O–H groups in total. The van der Waals surface area contributed by atoms with Crippen LogP contribution in [0.4, 0.5) is 0 Å². The topological polar surface area (TPSA) is 71.6 Å². The van der Waals surface area contributed by atoms with Crippen molar-refractivity contribution in [3.63, 3.8) is 0 Å². The lowest BCUT2D eigenvalue weighted by Crippen LogP contribution is -2.25. The van der Waals surface area contributed by atoms with Crippen LogP contribution in [0, 0.1) is 11.3 Å². The average molecular weight is 437 g/mol.